The van der Waals surface area contributed by atoms with Gasteiger partial charge in [0.15, 0.2) is 0 Å². The van der Waals surface area contributed by atoms with E-state index in [0.717, 1.165) is 114 Å². The van der Waals surface area contributed by atoms with E-state index in [4.69, 9.17) is 9.47 Å². The van der Waals surface area contributed by atoms with Crippen LogP contribution in [0, 0.1) is 18.8 Å². The van der Waals surface area contributed by atoms with Gasteiger partial charge >= 0.3 is 0 Å². The summed E-state index contributed by atoms with van der Waals surface area (Å²) < 4.78 is 11.2. The molecule has 3 heterocycles. The lowest BCUT2D eigenvalue weighted by atomic mass is 9.82. The summed E-state index contributed by atoms with van der Waals surface area (Å²) in [5.74, 6) is 0.115. The van der Waals surface area contributed by atoms with Crippen molar-refractivity contribution in [2.45, 2.75) is 98.2 Å². The average Bonchev–Trinajstić information content (AvgIpc) is 3.10. The van der Waals surface area contributed by atoms with Crippen molar-refractivity contribution in [1.29, 1.82) is 0 Å². The molecule has 0 spiro atoms. The minimum Gasteiger partial charge on any atom is -0.381 e. The topological polar surface area (TPSA) is 74.4 Å². The van der Waals surface area contributed by atoms with Gasteiger partial charge in [0.25, 0.3) is 5.91 Å². The van der Waals surface area contributed by atoms with Gasteiger partial charge in [-0.25, -0.2) is 0 Å². The highest BCUT2D eigenvalue weighted by Gasteiger charge is 2.38. The van der Waals surface area contributed by atoms with Crippen molar-refractivity contribution >= 4 is 17.5 Å². The van der Waals surface area contributed by atoms with Crippen LogP contribution in [0.1, 0.15) is 94.1 Å². The Bertz CT molecular complexity index is 1340. The number of nitrogens with zero attached hydrogens (tertiary/aromatic N) is 3. The Balaban J connectivity index is 1.38. The summed E-state index contributed by atoms with van der Waals surface area (Å²) in [5, 5.41) is 3.24. The predicted molar refractivity (Wildman–Crippen MR) is 194 cm³/mol. The number of hydrogen-bond acceptors (Lipinski definition) is 6. The van der Waals surface area contributed by atoms with Crippen molar-refractivity contribution in [3.63, 3.8) is 0 Å². The summed E-state index contributed by atoms with van der Waals surface area (Å²) in [4.78, 5) is 34.8. The van der Waals surface area contributed by atoms with Gasteiger partial charge in [-0.05, 0) is 86.8 Å². The zero-order valence-corrected chi connectivity index (χ0v) is 30.3. The highest BCUT2D eigenvalue weighted by molar-refractivity contribution is 5.99. The molecule has 2 aromatic rings. The first-order valence-electron chi connectivity index (χ1n) is 18.8. The number of likely N-dealkylation sites (tertiary alicyclic amines) is 1. The molecule has 0 radical (unpaired) electrons. The van der Waals surface area contributed by atoms with Crippen LogP contribution in [0.5, 0.6) is 0 Å². The molecule has 0 aliphatic carbocycles. The fourth-order valence-corrected chi connectivity index (χ4v) is 7.97. The fraction of sp³-hybridized carbons (Fsp3) is 0.650. The average molecular weight is 661 g/mol. The van der Waals surface area contributed by atoms with Crippen LogP contribution in [-0.2, 0) is 20.8 Å². The standard InChI is InChI=1S/C40H60N4O4/c1-6-8-9-10-17-44-30(4)24-29(3)37(40(44)46)27-41-39(45)36-25-34(26-38(31(36)5)43(7-2)35-15-20-47-21-16-35)33-13-11-32(12-14-33)28-42-18-22-48-23-19-42/h11-14,25-26,29-30,35,37H,6-10,15-24,27-28H2,1-5H3,(H,41,45). The monoisotopic (exact) mass is 660 g/mol. The van der Waals surface area contributed by atoms with Gasteiger partial charge < -0.3 is 24.6 Å². The van der Waals surface area contributed by atoms with Crippen LogP contribution < -0.4 is 10.2 Å². The Kier molecular flexibility index (Phi) is 13.4. The van der Waals surface area contributed by atoms with Crippen molar-refractivity contribution in [2.75, 3.05) is 64.1 Å². The Morgan fingerprint density at radius 2 is 1.65 bits per heavy atom. The van der Waals surface area contributed by atoms with Gasteiger partial charge in [0.05, 0.1) is 19.1 Å². The van der Waals surface area contributed by atoms with Crippen molar-refractivity contribution in [3.05, 3.63) is 53.1 Å². The number of rotatable bonds is 14. The molecule has 2 amide bonds. The minimum absolute atomic E-state index is 0.101. The SMILES string of the molecule is CCCCCCN1C(=O)C(CNC(=O)c2cc(-c3ccc(CN4CCOCC4)cc3)cc(N(CC)C3CCOCC3)c2C)C(C)CC1C. The number of amides is 2. The fourth-order valence-electron chi connectivity index (χ4n) is 7.97. The summed E-state index contributed by atoms with van der Waals surface area (Å²) in [6, 6.07) is 13.7. The maximum Gasteiger partial charge on any atom is 0.251 e. The van der Waals surface area contributed by atoms with Gasteiger partial charge in [0, 0.05) is 75.8 Å². The number of anilines is 1. The lowest BCUT2D eigenvalue weighted by molar-refractivity contribution is -0.144. The van der Waals surface area contributed by atoms with Gasteiger partial charge in [-0.3, -0.25) is 14.5 Å². The van der Waals surface area contributed by atoms with E-state index in [-0.39, 0.29) is 29.7 Å². The Hall–Kier alpha value is -2.94. The highest BCUT2D eigenvalue weighted by Crippen LogP contribution is 2.35. The van der Waals surface area contributed by atoms with Crippen molar-refractivity contribution in [2.24, 2.45) is 11.8 Å². The summed E-state index contributed by atoms with van der Waals surface area (Å²) >= 11 is 0. The largest absolute Gasteiger partial charge is 0.381 e. The van der Waals surface area contributed by atoms with Crippen molar-refractivity contribution in [3.8, 4) is 11.1 Å². The third-order valence-corrected chi connectivity index (χ3v) is 11.0. The zero-order chi connectivity index (χ0) is 34.0. The highest BCUT2D eigenvalue weighted by atomic mass is 16.5. The molecule has 8 heteroatoms. The van der Waals surface area contributed by atoms with Crippen LogP contribution in [0.15, 0.2) is 36.4 Å². The van der Waals surface area contributed by atoms with E-state index in [0.29, 0.717) is 18.2 Å². The molecule has 0 bridgehead atoms. The molecular formula is C40H60N4O4. The normalized spacial score (nSPS) is 22.6. The molecule has 3 unspecified atom stereocenters. The first-order valence-corrected chi connectivity index (χ1v) is 18.8. The number of carbonyl (C=O) groups is 2. The van der Waals surface area contributed by atoms with E-state index in [9.17, 15) is 9.59 Å². The first kappa shape index (κ1) is 36.3. The molecule has 3 atom stereocenters. The van der Waals surface area contributed by atoms with Crippen molar-refractivity contribution in [1.82, 2.24) is 15.1 Å². The molecule has 3 saturated heterocycles. The maximum atomic E-state index is 14.1. The number of benzene rings is 2. The van der Waals surface area contributed by atoms with Crippen LogP contribution >= 0.6 is 0 Å². The second-order valence-corrected chi connectivity index (χ2v) is 14.4. The molecule has 48 heavy (non-hydrogen) atoms. The number of morpholine rings is 1. The zero-order valence-electron chi connectivity index (χ0n) is 30.3. The Morgan fingerprint density at radius 3 is 2.33 bits per heavy atom. The maximum absolute atomic E-state index is 14.1. The molecule has 3 aliphatic heterocycles. The molecule has 2 aromatic carbocycles. The van der Waals surface area contributed by atoms with Gasteiger partial charge in [0.2, 0.25) is 5.91 Å². The lowest BCUT2D eigenvalue weighted by Gasteiger charge is -2.41. The number of piperidine rings is 1. The molecular weight excluding hydrogens is 600 g/mol. The molecule has 264 valence electrons. The molecule has 0 saturated carbocycles. The molecule has 8 nitrogen and oxygen atoms in total. The van der Waals surface area contributed by atoms with Gasteiger partial charge in [-0.15, -0.1) is 0 Å². The van der Waals surface area contributed by atoms with E-state index in [1.54, 1.807) is 0 Å². The van der Waals surface area contributed by atoms with Crippen molar-refractivity contribution < 1.29 is 19.1 Å². The van der Waals surface area contributed by atoms with Crippen LogP contribution in [0.4, 0.5) is 5.69 Å². The molecule has 0 aromatic heterocycles. The smallest absolute Gasteiger partial charge is 0.251 e. The number of carbonyl (C=O) groups excluding carboxylic acids is 2. The van der Waals surface area contributed by atoms with Crippen LogP contribution in [0.2, 0.25) is 0 Å². The van der Waals surface area contributed by atoms with E-state index in [1.165, 1.54) is 18.4 Å². The minimum atomic E-state index is -0.201. The summed E-state index contributed by atoms with van der Waals surface area (Å²) in [6.45, 7) is 18.8. The van der Waals surface area contributed by atoms with E-state index in [1.807, 2.05) is 0 Å². The second kappa shape index (κ2) is 17.6. The third kappa shape index (κ3) is 8.99. The number of nitrogens with one attached hydrogen (secondary N) is 1. The quantitative estimate of drug-likeness (QED) is 0.228. The molecule has 3 fully saturated rings. The summed E-state index contributed by atoms with van der Waals surface area (Å²) in [7, 11) is 0. The van der Waals surface area contributed by atoms with Gasteiger partial charge in [-0.1, -0.05) is 57.4 Å². The molecule has 5 rings (SSSR count). The van der Waals surface area contributed by atoms with Gasteiger partial charge in [-0.2, -0.15) is 0 Å². The summed E-state index contributed by atoms with van der Waals surface area (Å²) in [6.07, 6.45) is 7.51. The predicted octanol–water partition coefficient (Wildman–Crippen LogP) is 6.68. The Morgan fingerprint density at radius 1 is 0.938 bits per heavy atom. The summed E-state index contributed by atoms with van der Waals surface area (Å²) in [5.41, 5.74) is 6.21. The van der Waals surface area contributed by atoms with E-state index in [2.05, 4.69) is 91.0 Å². The third-order valence-electron chi connectivity index (χ3n) is 11.0. The molecule has 3 aliphatic rings. The number of unbranched alkanes of at least 4 members (excludes halogenated alkanes) is 3. The van der Waals surface area contributed by atoms with E-state index < -0.39 is 0 Å². The van der Waals surface area contributed by atoms with Crippen LogP contribution in [0.25, 0.3) is 11.1 Å². The van der Waals surface area contributed by atoms with Gasteiger partial charge in [0.1, 0.15) is 0 Å². The Labute approximate surface area is 289 Å². The molecule has 1 N–H and O–H groups in total. The second-order valence-electron chi connectivity index (χ2n) is 14.4. The lowest BCUT2D eigenvalue weighted by Crippen LogP contribution is -2.53. The van der Waals surface area contributed by atoms with Crippen LogP contribution in [0.3, 0.4) is 0 Å². The first-order chi connectivity index (χ1) is 23.3. The number of ether oxygens (including phenoxy) is 2. The number of hydrogen-bond donors (Lipinski definition) is 1. The van der Waals surface area contributed by atoms with Crippen LogP contribution in [-0.4, -0.2) is 92.8 Å². The van der Waals surface area contributed by atoms with E-state index >= 15 is 0 Å².